The Hall–Kier alpha value is -1.80. The van der Waals surface area contributed by atoms with Crippen molar-refractivity contribution in [2.75, 3.05) is 7.11 Å². The van der Waals surface area contributed by atoms with E-state index in [4.69, 9.17) is 10.5 Å². The molecule has 0 bridgehead atoms. The number of benzene rings is 2. The highest BCUT2D eigenvalue weighted by atomic mass is 16.5. The molecule has 0 aliphatic carbocycles. The van der Waals surface area contributed by atoms with Gasteiger partial charge in [-0.3, -0.25) is 0 Å². The summed E-state index contributed by atoms with van der Waals surface area (Å²) in [5.41, 5.74) is 9.93. The van der Waals surface area contributed by atoms with Crippen molar-refractivity contribution >= 4 is 0 Å². The molecule has 2 nitrogen and oxygen atoms in total. The fourth-order valence-electron chi connectivity index (χ4n) is 2.34. The Morgan fingerprint density at radius 1 is 0.900 bits per heavy atom. The van der Waals surface area contributed by atoms with Gasteiger partial charge in [-0.25, -0.2) is 0 Å². The minimum atomic E-state index is -0.0889. The Morgan fingerprint density at radius 2 is 1.40 bits per heavy atom. The van der Waals surface area contributed by atoms with Crippen LogP contribution in [-0.4, -0.2) is 7.11 Å². The van der Waals surface area contributed by atoms with Crippen LogP contribution in [-0.2, 0) is 6.42 Å². The minimum Gasteiger partial charge on any atom is -0.497 e. The van der Waals surface area contributed by atoms with Crippen LogP contribution in [0.4, 0.5) is 0 Å². The van der Waals surface area contributed by atoms with E-state index in [0.29, 0.717) is 5.92 Å². The van der Waals surface area contributed by atoms with Gasteiger partial charge in [0.2, 0.25) is 0 Å². The van der Waals surface area contributed by atoms with Crippen LogP contribution < -0.4 is 10.5 Å². The normalized spacial score (nSPS) is 12.4. The zero-order chi connectivity index (χ0) is 14.5. The van der Waals surface area contributed by atoms with Gasteiger partial charge in [-0.05, 0) is 41.2 Å². The third-order valence-corrected chi connectivity index (χ3v) is 3.46. The van der Waals surface area contributed by atoms with E-state index in [2.05, 4.69) is 38.1 Å². The van der Waals surface area contributed by atoms with Crippen LogP contribution in [0.15, 0.2) is 48.5 Å². The number of hydrogen-bond donors (Lipinski definition) is 1. The summed E-state index contributed by atoms with van der Waals surface area (Å²) in [5, 5.41) is 0. The van der Waals surface area contributed by atoms with Crippen molar-refractivity contribution in [3.8, 4) is 5.75 Å². The molecule has 2 aromatic carbocycles. The molecule has 106 valence electrons. The van der Waals surface area contributed by atoms with Crippen molar-refractivity contribution in [2.45, 2.75) is 26.3 Å². The molecule has 0 aromatic heterocycles. The average Bonchev–Trinajstić information content (AvgIpc) is 2.47. The average molecular weight is 269 g/mol. The molecule has 2 aromatic rings. The number of nitrogens with two attached hydrogens (primary N) is 1. The van der Waals surface area contributed by atoms with E-state index < -0.39 is 0 Å². The lowest BCUT2D eigenvalue weighted by Crippen LogP contribution is -2.11. The predicted octanol–water partition coefficient (Wildman–Crippen LogP) is 3.94. The molecule has 1 atom stereocenters. The Bertz CT molecular complexity index is 528. The van der Waals surface area contributed by atoms with E-state index in [-0.39, 0.29) is 6.04 Å². The smallest absolute Gasteiger partial charge is 0.118 e. The van der Waals surface area contributed by atoms with Crippen molar-refractivity contribution in [2.24, 2.45) is 11.7 Å². The lowest BCUT2D eigenvalue weighted by Gasteiger charge is -2.14. The fraction of sp³-hybridized carbons (Fsp3) is 0.333. The predicted molar refractivity (Wildman–Crippen MR) is 84.0 cm³/mol. The molecule has 0 spiro atoms. The first-order valence-electron chi connectivity index (χ1n) is 7.08. The molecule has 2 heteroatoms. The van der Waals surface area contributed by atoms with Crippen LogP contribution in [0.5, 0.6) is 5.75 Å². The van der Waals surface area contributed by atoms with Gasteiger partial charge in [-0.15, -0.1) is 0 Å². The molecule has 2 rings (SSSR count). The van der Waals surface area contributed by atoms with Crippen LogP contribution in [0.3, 0.4) is 0 Å². The maximum Gasteiger partial charge on any atom is 0.118 e. The van der Waals surface area contributed by atoms with E-state index in [1.54, 1.807) is 7.11 Å². The maximum absolute atomic E-state index is 6.32. The van der Waals surface area contributed by atoms with Crippen molar-refractivity contribution in [1.29, 1.82) is 0 Å². The van der Waals surface area contributed by atoms with Gasteiger partial charge in [-0.1, -0.05) is 50.2 Å². The highest BCUT2D eigenvalue weighted by Crippen LogP contribution is 2.22. The van der Waals surface area contributed by atoms with Gasteiger partial charge in [0.25, 0.3) is 0 Å². The number of hydrogen-bond acceptors (Lipinski definition) is 2. The summed E-state index contributed by atoms with van der Waals surface area (Å²) < 4.78 is 5.17. The molecule has 0 radical (unpaired) electrons. The molecule has 0 amide bonds. The highest BCUT2D eigenvalue weighted by Gasteiger charge is 2.09. The topological polar surface area (TPSA) is 35.2 Å². The van der Waals surface area contributed by atoms with E-state index in [0.717, 1.165) is 23.3 Å². The molecular weight excluding hydrogens is 246 g/mol. The van der Waals surface area contributed by atoms with Crippen LogP contribution >= 0.6 is 0 Å². The molecule has 0 aliphatic rings. The van der Waals surface area contributed by atoms with Crippen LogP contribution in [0.2, 0.25) is 0 Å². The van der Waals surface area contributed by atoms with Crippen LogP contribution in [0, 0.1) is 5.92 Å². The van der Waals surface area contributed by atoms with E-state index in [9.17, 15) is 0 Å². The fourth-order valence-corrected chi connectivity index (χ4v) is 2.34. The zero-order valence-electron chi connectivity index (χ0n) is 12.5. The Balaban J connectivity index is 2.13. The molecule has 0 heterocycles. The number of methoxy groups -OCH3 is 1. The van der Waals surface area contributed by atoms with Gasteiger partial charge in [0.1, 0.15) is 5.75 Å². The van der Waals surface area contributed by atoms with Crippen molar-refractivity contribution in [3.63, 3.8) is 0 Å². The van der Waals surface area contributed by atoms with Gasteiger partial charge in [0.05, 0.1) is 13.2 Å². The maximum atomic E-state index is 6.32. The highest BCUT2D eigenvalue weighted by molar-refractivity contribution is 5.36. The molecule has 0 fully saturated rings. The summed E-state index contributed by atoms with van der Waals surface area (Å²) >= 11 is 0. The molecule has 2 N–H and O–H groups in total. The van der Waals surface area contributed by atoms with Crippen LogP contribution in [0.25, 0.3) is 0 Å². The standard InChI is InChI=1S/C18H23NO/c1-13(2)12-14-4-6-15(7-5-14)18(19)16-8-10-17(20-3)11-9-16/h4-11,13,18H,12,19H2,1-3H3. The monoisotopic (exact) mass is 269 g/mol. The van der Waals surface area contributed by atoms with E-state index >= 15 is 0 Å². The quantitative estimate of drug-likeness (QED) is 0.892. The van der Waals surface area contributed by atoms with Gasteiger partial charge < -0.3 is 10.5 Å². The Morgan fingerprint density at radius 3 is 1.85 bits per heavy atom. The summed E-state index contributed by atoms with van der Waals surface area (Å²) in [6, 6.07) is 16.5. The van der Waals surface area contributed by atoms with Crippen molar-refractivity contribution < 1.29 is 4.74 Å². The second-order valence-corrected chi connectivity index (χ2v) is 5.59. The first-order chi connectivity index (χ1) is 9.60. The largest absolute Gasteiger partial charge is 0.497 e. The molecule has 0 saturated carbocycles. The Labute approximate surface area is 121 Å². The van der Waals surface area contributed by atoms with Gasteiger partial charge in [0.15, 0.2) is 0 Å². The molecule has 0 saturated heterocycles. The van der Waals surface area contributed by atoms with E-state index in [1.165, 1.54) is 5.56 Å². The number of rotatable bonds is 5. The third-order valence-electron chi connectivity index (χ3n) is 3.46. The zero-order valence-corrected chi connectivity index (χ0v) is 12.5. The Kier molecular flexibility index (Phi) is 4.80. The van der Waals surface area contributed by atoms with Crippen molar-refractivity contribution in [3.05, 3.63) is 65.2 Å². The van der Waals surface area contributed by atoms with E-state index in [1.807, 2.05) is 24.3 Å². The summed E-state index contributed by atoms with van der Waals surface area (Å²) in [7, 11) is 1.67. The second-order valence-electron chi connectivity index (χ2n) is 5.59. The lowest BCUT2D eigenvalue weighted by molar-refractivity contribution is 0.414. The van der Waals surface area contributed by atoms with Crippen molar-refractivity contribution in [1.82, 2.24) is 0 Å². The molecule has 20 heavy (non-hydrogen) atoms. The minimum absolute atomic E-state index is 0.0889. The third kappa shape index (κ3) is 3.61. The van der Waals surface area contributed by atoms with Gasteiger partial charge in [0, 0.05) is 0 Å². The second kappa shape index (κ2) is 6.58. The molecule has 1 unspecified atom stereocenters. The summed E-state index contributed by atoms with van der Waals surface area (Å²) in [6.45, 7) is 4.47. The first kappa shape index (κ1) is 14.6. The lowest BCUT2D eigenvalue weighted by atomic mass is 9.96. The van der Waals surface area contributed by atoms with Gasteiger partial charge in [-0.2, -0.15) is 0 Å². The summed E-state index contributed by atoms with van der Waals surface area (Å²) in [6.07, 6.45) is 1.11. The number of ether oxygens (including phenoxy) is 1. The first-order valence-corrected chi connectivity index (χ1v) is 7.08. The summed E-state index contributed by atoms with van der Waals surface area (Å²) in [5.74, 6) is 1.53. The molecule has 0 aliphatic heterocycles. The van der Waals surface area contributed by atoms with Gasteiger partial charge >= 0.3 is 0 Å². The molecular formula is C18H23NO. The van der Waals surface area contributed by atoms with Crippen LogP contribution in [0.1, 0.15) is 36.6 Å². The SMILES string of the molecule is COc1ccc(C(N)c2ccc(CC(C)C)cc2)cc1. The summed E-state index contributed by atoms with van der Waals surface area (Å²) in [4.78, 5) is 0.